The molecule has 1 amide bonds. The van der Waals surface area contributed by atoms with Crippen molar-refractivity contribution in [2.24, 2.45) is 39.7 Å². The molecular formula is C27H43N3O4. The van der Waals surface area contributed by atoms with Crippen LogP contribution in [0.5, 0.6) is 0 Å². The van der Waals surface area contributed by atoms with E-state index in [0.29, 0.717) is 49.0 Å². The molecule has 7 heteroatoms. The van der Waals surface area contributed by atoms with E-state index >= 15 is 0 Å². The summed E-state index contributed by atoms with van der Waals surface area (Å²) in [4.78, 5) is 31.4. The molecule has 7 nitrogen and oxygen atoms in total. The number of nitrogens with one attached hydrogen (secondary N) is 1. The number of rotatable bonds is 7. The Balaban J connectivity index is 1.46. The Labute approximate surface area is 204 Å². The van der Waals surface area contributed by atoms with E-state index in [-0.39, 0.29) is 24.0 Å². The van der Waals surface area contributed by atoms with Crippen molar-refractivity contribution in [2.75, 3.05) is 33.3 Å². The first-order chi connectivity index (χ1) is 16.2. The summed E-state index contributed by atoms with van der Waals surface area (Å²) in [7, 11) is 1.83. The number of likely N-dealkylation sites (N-methyl/N-ethyl adjacent to an activating group) is 1. The molecule has 0 heterocycles. The van der Waals surface area contributed by atoms with Crippen LogP contribution < -0.4 is 5.32 Å². The second-order valence-electron chi connectivity index (χ2n) is 11.5. The number of allylic oxidation sites excluding steroid dienone is 1. The molecule has 4 rings (SSSR count). The molecule has 4 aliphatic rings. The largest absolute Gasteiger partial charge is 0.436 e. The molecule has 0 radical (unpaired) electrons. The van der Waals surface area contributed by atoms with Crippen LogP contribution in [0.15, 0.2) is 16.8 Å². The molecule has 6 atom stereocenters. The Morgan fingerprint density at radius 2 is 1.97 bits per heavy atom. The zero-order chi connectivity index (χ0) is 24.5. The van der Waals surface area contributed by atoms with Crippen molar-refractivity contribution in [3.63, 3.8) is 0 Å². The van der Waals surface area contributed by atoms with Gasteiger partial charge in [0, 0.05) is 32.0 Å². The summed E-state index contributed by atoms with van der Waals surface area (Å²) in [5.41, 5.74) is 2.71. The van der Waals surface area contributed by atoms with Crippen molar-refractivity contribution in [3.05, 3.63) is 11.6 Å². The lowest BCUT2D eigenvalue weighted by atomic mass is 9.46. The summed E-state index contributed by atoms with van der Waals surface area (Å²) >= 11 is 0. The molecule has 34 heavy (non-hydrogen) atoms. The third kappa shape index (κ3) is 4.46. The first kappa shape index (κ1) is 25.4. The number of hydrogen-bond acceptors (Lipinski definition) is 6. The maximum atomic E-state index is 12.5. The van der Waals surface area contributed by atoms with Gasteiger partial charge in [-0.25, -0.2) is 4.79 Å². The fourth-order valence-corrected chi connectivity index (χ4v) is 8.14. The molecule has 0 saturated heterocycles. The number of fused-ring (bicyclic) bond motifs is 5. The molecule has 0 aliphatic heterocycles. The summed E-state index contributed by atoms with van der Waals surface area (Å²) in [5, 5.41) is 16.6. The number of carbonyl (C=O) groups excluding carboxylic acids is 2. The van der Waals surface area contributed by atoms with Gasteiger partial charge >= 0.3 is 6.09 Å². The second-order valence-corrected chi connectivity index (χ2v) is 11.5. The van der Waals surface area contributed by atoms with Gasteiger partial charge in [0.1, 0.15) is 0 Å². The first-order valence-corrected chi connectivity index (χ1v) is 13.2. The Morgan fingerprint density at radius 1 is 1.18 bits per heavy atom. The van der Waals surface area contributed by atoms with Crippen LogP contribution in [0.4, 0.5) is 4.79 Å². The summed E-state index contributed by atoms with van der Waals surface area (Å²) in [6, 6.07) is 0. The summed E-state index contributed by atoms with van der Waals surface area (Å²) in [6.07, 6.45) is 10.1. The molecule has 3 fully saturated rings. The zero-order valence-electron chi connectivity index (χ0n) is 21.4. The Hall–Kier alpha value is -1.73. The molecule has 0 aromatic heterocycles. The lowest BCUT2D eigenvalue weighted by Crippen LogP contribution is -2.51. The highest BCUT2D eigenvalue weighted by molar-refractivity contribution is 5.91. The lowest BCUT2D eigenvalue weighted by Gasteiger charge is -2.58. The molecular weight excluding hydrogens is 430 g/mol. The van der Waals surface area contributed by atoms with Crippen LogP contribution in [0.25, 0.3) is 0 Å². The first-order valence-electron chi connectivity index (χ1n) is 13.2. The average Bonchev–Trinajstić information content (AvgIpc) is 3.17. The molecule has 2 N–H and O–H groups in total. The number of aliphatic hydroxyl groups is 1. The van der Waals surface area contributed by atoms with E-state index in [1.165, 1.54) is 36.2 Å². The lowest BCUT2D eigenvalue weighted by molar-refractivity contribution is -0.117. The van der Waals surface area contributed by atoms with Crippen molar-refractivity contribution in [2.45, 2.75) is 72.1 Å². The van der Waals surface area contributed by atoms with E-state index in [1.807, 2.05) is 20.0 Å². The van der Waals surface area contributed by atoms with E-state index in [2.05, 4.69) is 24.3 Å². The number of aliphatic hydroxyl groups excluding tert-OH is 1. The van der Waals surface area contributed by atoms with Crippen LogP contribution >= 0.6 is 0 Å². The molecule has 4 aliphatic carbocycles. The summed E-state index contributed by atoms with van der Waals surface area (Å²) < 4.78 is 0. The Kier molecular flexibility index (Phi) is 7.53. The highest BCUT2D eigenvalue weighted by Crippen LogP contribution is 2.66. The number of oxime groups is 1. The van der Waals surface area contributed by atoms with Gasteiger partial charge in [0.05, 0.1) is 12.3 Å². The molecule has 3 saturated carbocycles. The predicted molar refractivity (Wildman–Crippen MR) is 132 cm³/mol. The standard InChI is InChI=1S/C27H43N3O4/c1-18(29-34-25(33)30(15-16-31)14-13-28-4)22-7-8-23-21-6-5-19-17-20(32)9-11-26(19,2)24(21)10-12-27(22,23)3/h17,21-24,28,31H,5-16H2,1-4H3/b29-18+/t21-,22+,23-,24-,26-,27+/m0/s1. The van der Waals surface area contributed by atoms with Gasteiger partial charge in [0.15, 0.2) is 5.78 Å². The highest BCUT2D eigenvalue weighted by atomic mass is 16.7. The summed E-state index contributed by atoms with van der Waals surface area (Å²) in [5.74, 6) is 2.68. The SMILES string of the molecule is CNCCN(CCO)C(=O)O/N=C(\C)[C@H]1CC[C@H]2[C@@H]3CCC4=CC(=O)CC[C@]4(C)[C@H]3CC[C@]12C. The maximum absolute atomic E-state index is 12.5. The third-order valence-electron chi connectivity index (χ3n) is 9.99. The molecule has 0 spiro atoms. The smallest absolute Gasteiger partial charge is 0.395 e. The number of carbonyl (C=O) groups is 2. The van der Waals surface area contributed by atoms with Crippen LogP contribution in [0, 0.1) is 34.5 Å². The Bertz CT molecular complexity index is 855. The van der Waals surface area contributed by atoms with Crippen molar-refractivity contribution in [3.8, 4) is 0 Å². The minimum atomic E-state index is -0.501. The van der Waals surface area contributed by atoms with Gasteiger partial charge in [-0.1, -0.05) is 24.6 Å². The molecule has 0 aromatic carbocycles. The van der Waals surface area contributed by atoms with Crippen molar-refractivity contribution < 1.29 is 19.5 Å². The van der Waals surface area contributed by atoms with Gasteiger partial charge in [-0.15, -0.1) is 0 Å². The van der Waals surface area contributed by atoms with Crippen LogP contribution in [-0.2, 0) is 9.63 Å². The average molecular weight is 474 g/mol. The van der Waals surface area contributed by atoms with Gasteiger partial charge in [0.25, 0.3) is 0 Å². The van der Waals surface area contributed by atoms with E-state index in [4.69, 9.17) is 4.84 Å². The fourth-order valence-electron chi connectivity index (χ4n) is 8.14. The number of nitrogens with zero attached hydrogens (tertiary/aromatic N) is 2. The fraction of sp³-hybridized carbons (Fsp3) is 0.815. The number of ketones is 1. The van der Waals surface area contributed by atoms with Gasteiger partial charge in [-0.05, 0) is 93.6 Å². The zero-order valence-corrected chi connectivity index (χ0v) is 21.4. The Morgan fingerprint density at radius 3 is 2.71 bits per heavy atom. The quantitative estimate of drug-likeness (QED) is 0.329. The molecule has 0 bridgehead atoms. The van der Waals surface area contributed by atoms with Gasteiger partial charge in [0.2, 0.25) is 0 Å². The van der Waals surface area contributed by atoms with Crippen LogP contribution in [0.1, 0.15) is 72.1 Å². The van der Waals surface area contributed by atoms with Crippen LogP contribution in [0.3, 0.4) is 0 Å². The number of hydrogen-bond donors (Lipinski definition) is 2. The third-order valence-corrected chi connectivity index (χ3v) is 9.99. The van der Waals surface area contributed by atoms with E-state index in [9.17, 15) is 14.7 Å². The monoisotopic (exact) mass is 473 g/mol. The van der Waals surface area contributed by atoms with Crippen LogP contribution in [-0.4, -0.2) is 60.9 Å². The van der Waals surface area contributed by atoms with E-state index in [0.717, 1.165) is 25.0 Å². The van der Waals surface area contributed by atoms with Crippen molar-refractivity contribution in [1.29, 1.82) is 0 Å². The van der Waals surface area contributed by atoms with Crippen molar-refractivity contribution >= 4 is 17.6 Å². The normalized spacial score (nSPS) is 37.4. The van der Waals surface area contributed by atoms with Crippen LogP contribution in [0.2, 0.25) is 0 Å². The number of amides is 1. The second kappa shape index (κ2) is 10.1. The molecule has 0 unspecified atom stereocenters. The molecule has 0 aromatic rings. The van der Waals surface area contributed by atoms with E-state index in [1.54, 1.807) is 0 Å². The maximum Gasteiger partial charge on any atom is 0.436 e. The minimum Gasteiger partial charge on any atom is -0.395 e. The van der Waals surface area contributed by atoms with Crippen molar-refractivity contribution in [1.82, 2.24) is 10.2 Å². The van der Waals surface area contributed by atoms with Gasteiger partial charge in [-0.2, -0.15) is 0 Å². The highest BCUT2D eigenvalue weighted by Gasteiger charge is 2.59. The van der Waals surface area contributed by atoms with Gasteiger partial charge in [-0.3, -0.25) is 9.63 Å². The predicted octanol–water partition coefficient (Wildman–Crippen LogP) is 4.16. The minimum absolute atomic E-state index is 0.101. The summed E-state index contributed by atoms with van der Waals surface area (Å²) in [6.45, 7) is 8.12. The topological polar surface area (TPSA) is 91.2 Å². The van der Waals surface area contributed by atoms with E-state index < -0.39 is 6.09 Å². The van der Waals surface area contributed by atoms with Gasteiger partial charge < -0.3 is 15.3 Å². The molecule has 190 valence electrons.